The Kier molecular flexibility index (Phi) is 9.96. The number of rotatable bonds is 9. The van der Waals surface area contributed by atoms with E-state index in [1.807, 2.05) is 11.1 Å². The number of hydrogen-bond donors (Lipinski definition) is 0. The summed E-state index contributed by atoms with van der Waals surface area (Å²) in [6.07, 6.45) is 15.2. The summed E-state index contributed by atoms with van der Waals surface area (Å²) in [5.41, 5.74) is 26.6. The fraction of sp³-hybridized carbons (Fsp3) is 0.500. The average Bonchev–Trinajstić information content (AvgIpc) is 3.72. The fourth-order valence-corrected chi connectivity index (χ4v) is 16.9. The third kappa shape index (κ3) is 5.97. The molecule has 0 heterocycles. The molecule has 7 atom stereocenters. The van der Waals surface area contributed by atoms with Crippen molar-refractivity contribution in [1.82, 2.24) is 0 Å². The van der Waals surface area contributed by atoms with E-state index in [1.165, 1.54) is 103 Å². The lowest BCUT2D eigenvalue weighted by Crippen LogP contribution is -2.32. The Bertz CT molecular complexity index is 3380. The molecule has 13 rings (SSSR count). The van der Waals surface area contributed by atoms with Crippen molar-refractivity contribution in [3.05, 3.63) is 132 Å². The lowest BCUT2D eigenvalue weighted by molar-refractivity contribution is 0.301. The molecule has 350 valence electrons. The van der Waals surface area contributed by atoms with Gasteiger partial charge in [-0.3, -0.25) is 0 Å². The van der Waals surface area contributed by atoms with Gasteiger partial charge in [-0.25, -0.2) is 0 Å². The van der Waals surface area contributed by atoms with Gasteiger partial charge in [-0.1, -0.05) is 118 Å². The van der Waals surface area contributed by atoms with Gasteiger partial charge in [-0.15, -0.1) is 0 Å². The highest BCUT2D eigenvalue weighted by Crippen LogP contribution is 2.61. The van der Waals surface area contributed by atoms with Crippen LogP contribution in [0, 0.1) is 43.4 Å². The molecule has 0 aromatic heterocycles. The molecule has 0 bridgehead atoms. The Balaban J connectivity index is 0.901. The van der Waals surface area contributed by atoms with E-state index in [9.17, 15) is 0 Å². The average molecular weight is 895 g/mol. The van der Waals surface area contributed by atoms with Crippen molar-refractivity contribution in [1.29, 1.82) is 0 Å². The van der Waals surface area contributed by atoms with E-state index in [0.29, 0.717) is 47.3 Å². The largest absolute Gasteiger partial charge is 0.0619 e. The number of allylic oxidation sites excluding steroid dienone is 2. The quantitative estimate of drug-likeness (QED) is 0.100. The second-order valence-corrected chi connectivity index (χ2v) is 25.2. The van der Waals surface area contributed by atoms with Crippen LogP contribution in [-0.2, 0) is 38.5 Å². The zero-order chi connectivity index (χ0) is 46.9. The van der Waals surface area contributed by atoms with Gasteiger partial charge in [-0.05, 0) is 293 Å². The van der Waals surface area contributed by atoms with E-state index in [4.69, 9.17) is 0 Å². The Morgan fingerprint density at radius 1 is 0.559 bits per heavy atom. The highest BCUT2D eigenvalue weighted by Gasteiger charge is 2.45. The summed E-state index contributed by atoms with van der Waals surface area (Å²) in [6.45, 7) is 29.6. The molecule has 7 unspecified atom stereocenters. The topological polar surface area (TPSA) is 0 Å². The van der Waals surface area contributed by atoms with Gasteiger partial charge in [0.15, 0.2) is 0 Å². The van der Waals surface area contributed by atoms with Crippen molar-refractivity contribution in [2.75, 3.05) is 0 Å². The molecule has 0 spiro atoms. The third-order valence-corrected chi connectivity index (χ3v) is 20.4. The first-order valence-corrected chi connectivity index (χ1v) is 28.0. The molecule has 0 aliphatic heterocycles. The highest BCUT2D eigenvalue weighted by molar-refractivity contribution is 6.25. The van der Waals surface area contributed by atoms with Crippen LogP contribution in [0.2, 0.25) is 0 Å². The maximum atomic E-state index is 2.69. The molecule has 6 aliphatic rings. The lowest BCUT2D eigenvalue weighted by Gasteiger charge is -2.46. The summed E-state index contributed by atoms with van der Waals surface area (Å²) in [5.74, 6) is 6.44. The molecular formula is C68H78. The molecule has 7 aromatic rings. The Hall–Kier alpha value is -4.42. The lowest BCUT2D eigenvalue weighted by atomic mass is 9.58. The van der Waals surface area contributed by atoms with E-state index in [1.54, 1.807) is 98.9 Å². The van der Waals surface area contributed by atoms with Gasteiger partial charge in [0.2, 0.25) is 0 Å². The molecule has 0 saturated heterocycles. The first kappa shape index (κ1) is 43.6. The van der Waals surface area contributed by atoms with Crippen molar-refractivity contribution in [3.8, 4) is 0 Å². The van der Waals surface area contributed by atoms with Crippen LogP contribution in [0.25, 0.3) is 59.4 Å². The molecule has 0 saturated carbocycles. The van der Waals surface area contributed by atoms with E-state index in [2.05, 4.69) is 132 Å². The van der Waals surface area contributed by atoms with E-state index in [-0.39, 0.29) is 0 Å². The first-order chi connectivity index (χ1) is 32.7. The third-order valence-electron chi connectivity index (χ3n) is 20.4. The Morgan fingerprint density at radius 3 is 2.00 bits per heavy atom. The Labute approximate surface area is 408 Å². The molecule has 0 nitrogen and oxygen atoms in total. The minimum absolute atomic E-state index is 0.495. The standard InChI is InChI=1S/C68H78/c1-13-41-18-21-50-54(39(41)11)31-51(35(6)7)64-57(50)30-46-22-36(8)48-20-19-42(55-32-59(64)62(46)65(48)55)16-14-15-17-49-40(12)60-58-28-44(34(4)5)25-45-23-37(9)52-24-38(10)53-29-47-26-43(33(2)3)27-56(49)61(47)68(60)67(53)66(52)63(45)58/h18,21,25-28,30-31,33-38,42,48,52-53H,13-17,19-20,22-24,29,32H2,1-12H3. The highest BCUT2D eigenvalue weighted by atomic mass is 14.5. The van der Waals surface area contributed by atoms with Crippen LogP contribution in [0.4, 0.5) is 0 Å². The fourth-order valence-electron chi connectivity index (χ4n) is 16.9. The zero-order valence-corrected chi connectivity index (χ0v) is 43.9. The number of fused-ring (bicyclic) bond motifs is 5. The smallest absolute Gasteiger partial charge is 0.00457 e. The summed E-state index contributed by atoms with van der Waals surface area (Å²) in [4.78, 5) is 0. The summed E-state index contributed by atoms with van der Waals surface area (Å²) >= 11 is 0. The van der Waals surface area contributed by atoms with Gasteiger partial charge >= 0.3 is 0 Å². The predicted octanol–water partition coefficient (Wildman–Crippen LogP) is 18.9. The minimum Gasteiger partial charge on any atom is -0.0619 e. The maximum absolute atomic E-state index is 2.69. The summed E-state index contributed by atoms with van der Waals surface area (Å²) in [6, 6.07) is 20.9. The number of unbranched alkanes of at least 4 members (excludes halogenated alkanes) is 1. The van der Waals surface area contributed by atoms with Crippen molar-refractivity contribution in [2.45, 2.75) is 190 Å². The second-order valence-electron chi connectivity index (χ2n) is 25.2. The summed E-state index contributed by atoms with van der Waals surface area (Å²) in [5, 5.41) is 16.0. The van der Waals surface area contributed by atoms with E-state index >= 15 is 0 Å². The van der Waals surface area contributed by atoms with Crippen LogP contribution >= 0.6 is 0 Å². The van der Waals surface area contributed by atoms with Gasteiger partial charge < -0.3 is 0 Å². The maximum Gasteiger partial charge on any atom is -0.00457 e. The molecular weight excluding hydrogens is 817 g/mol. The van der Waals surface area contributed by atoms with E-state index in [0.717, 1.165) is 18.3 Å². The molecule has 0 heteroatoms. The molecule has 0 N–H and O–H groups in total. The van der Waals surface area contributed by atoms with Gasteiger partial charge in [0.1, 0.15) is 0 Å². The number of aryl methyl sites for hydroxylation is 4. The number of hydrogen-bond acceptors (Lipinski definition) is 0. The molecule has 0 radical (unpaired) electrons. The van der Waals surface area contributed by atoms with Gasteiger partial charge in [0, 0.05) is 0 Å². The molecule has 0 fully saturated rings. The van der Waals surface area contributed by atoms with Gasteiger partial charge in [-0.2, -0.15) is 0 Å². The first-order valence-electron chi connectivity index (χ1n) is 28.0. The van der Waals surface area contributed by atoms with Crippen LogP contribution in [0.1, 0.15) is 215 Å². The van der Waals surface area contributed by atoms with Crippen LogP contribution in [-0.4, -0.2) is 0 Å². The van der Waals surface area contributed by atoms with Crippen LogP contribution in [0.15, 0.2) is 54.1 Å². The Morgan fingerprint density at radius 2 is 1.26 bits per heavy atom. The van der Waals surface area contributed by atoms with E-state index < -0.39 is 0 Å². The second kappa shape index (κ2) is 15.5. The van der Waals surface area contributed by atoms with Crippen LogP contribution in [0.5, 0.6) is 0 Å². The zero-order valence-electron chi connectivity index (χ0n) is 43.9. The molecule has 7 aromatic carbocycles. The summed E-state index contributed by atoms with van der Waals surface area (Å²) < 4.78 is 0. The molecule has 6 aliphatic carbocycles. The molecule has 68 heavy (non-hydrogen) atoms. The van der Waals surface area contributed by atoms with Crippen molar-refractivity contribution < 1.29 is 0 Å². The monoisotopic (exact) mass is 895 g/mol. The van der Waals surface area contributed by atoms with Crippen molar-refractivity contribution >= 4 is 59.4 Å². The SMILES string of the molecule is CCc1ccc2c(cc(C(C)C)c3c4c5c(cc32)CC(C)C2CCC(CCCCc3c(C)c6c7cc(C(C)C)cc8c7c7c9c6c6c(cc(C(C)C)cc36)CC9C(C)CC7C(C)C8)C(=C52)C4)c1C. The predicted molar refractivity (Wildman–Crippen MR) is 295 cm³/mol. The van der Waals surface area contributed by atoms with Crippen molar-refractivity contribution in [2.24, 2.45) is 29.6 Å². The van der Waals surface area contributed by atoms with Gasteiger partial charge in [0.05, 0.1) is 0 Å². The normalized spacial score (nSPS) is 24.5. The molecule has 0 amide bonds. The van der Waals surface area contributed by atoms with Gasteiger partial charge in [0.25, 0.3) is 0 Å². The van der Waals surface area contributed by atoms with Crippen LogP contribution in [0.3, 0.4) is 0 Å². The number of benzene rings is 7. The van der Waals surface area contributed by atoms with Crippen molar-refractivity contribution in [3.63, 3.8) is 0 Å². The van der Waals surface area contributed by atoms with Crippen LogP contribution < -0.4 is 0 Å². The summed E-state index contributed by atoms with van der Waals surface area (Å²) in [7, 11) is 0. The minimum atomic E-state index is 0.495.